The molecule has 3 atom stereocenters. The largest absolute Gasteiger partial charge is 0.321 e. The zero-order valence-corrected chi connectivity index (χ0v) is 10.3. The standard InChI is InChI=1S/C14H19F2N/c1-9-6-7-10(2)14(17,8-9)11-4-3-5-12(15)13(11)16/h3-5,9-10H,6-8,17H2,1-2H3. The van der Waals surface area contributed by atoms with Gasteiger partial charge in [-0.3, -0.25) is 0 Å². The van der Waals surface area contributed by atoms with Gasteiger partial charge in [0.1, 0.15) is 0 Å². The van der Waals surface area contributed by atoms with E-state index in [1.54, 1.807) is 6.07 Å². The number of hydrogen-bond acceptors (Lipinski definition) is 1. The summed E-state index contributed by atoms with van der Waals surface area (Å²) in [5, 5.41) is 0. The Kier molecular flexibility index (Phi) is 3.21. The van der Waals surface area contributed by atoms with Gasteiger partial charge < -0.3 is 5.73 Å². The third-order valence-corrected chi connectivity index (χ3v) is 4.11. The van der Waals surface area contributed by atoms with Crippen LogP contribution in [0.5, 0.6) is 0 Å². The van der Waals surface area contributed by atoms with E-state index in [0.717, 1.165) is 18.9 Å². The second-order valence-electron chi connectivity index (χ2n) is 5.43. The van der Waals surface area contributed by atoms with Gasteiger partial charge >= 0.3 is 0 Å². The van der Waals surface area contributed by atoms with E-state index in [1.165, 1.54) is 6.07 Å². The van der Waals surface area contributed by atoms with Crippen molar-refractivity contribution in [1.29, 1.82) is 0 Å². The van der Waals surface area contributed by atoms with E-state index in [-0.39, 0.29) is 5.92 Å². The molecule has 1 aromatic carbocycles. The molecule has 1 fully saturated rings. The summed E-state index contributed by atoms with van der Waals surface area (Å²) in [6.07, 6.45) is 2.79. The molecule has 2 N–H and O–H groups in total. The van der Waals surface area contributed by atoms with Gasteiger partial charge in [-0.25, -0.2) is 8.78 Å². The lowest BCUT2D eigenvalue weighted by atomic mass is 9.67. The fourth-order valence-electron chi connectivity index (χ4n) is 2.91. The molecule has 0 spiro atoms. The van der Waals surface area contributed by atoms with Crippen molar-refractivity contribution in [3.8, 4) is 0 Å². The molecule has 0 bridgehead atoms. The molecule has 17 heavy (non-hydrogen) atoms. The third-order valence-electron chi connectivity index (χ3n) is 4.11. The maximum Gasteiger partial charge on any atom is 0.163 e. The molecule has 0 aliphatic heterocycles. The van der Waals surface area contributed by atoms with E-state index >= 15 is 0 Å². The number of hydrogen-bond donors (Lipinski definition) is 1. The van der Waals surface area contributed by atoms with E-state index in [2.05, 4.69) is 6.92 Å². The first-order valence-electron chi connectivity index (χ1n) is 6.18. The Labute approximate surface area is 101 Å². The van der Waals surface area contributed by atoms with Crippen molar-refractivity contribution in [3.63, 3.8) is 0 Å². The summed E-state index contributed by atoms with van der Waals surface area (Å²) < 4.78 is 27.2. The van der Waals surface area contributed by atoms with Crippen LogP contribution < -0.4 is 5.73 Å². The van der Waals surface area contributed by atoms with Gasteiger partial charge in [-0.2, -0.15) is 0 Å². The Morgan fingerprint density at radius 2 is 1.94 bits per heavy atom. The summed E-state index contributed by atoms with van der Waals surface area (Å²) >= 11 is 0. The fourth-order valence-corrected chi connectivity index (χ4v) is 2.91. The summed E-state index contributed by atoms with van der Waals surface area (Å²) in [5.74, 6) is -0.956. The fraction of sp³-hybridized carbons (Fsp3) is 0.571. The van der Waals surface area contributed by atoms with Crippen LogP contribution in [0.25, 0.3) is 0 Å². The van der Waals surface area contributed by atoms with Crippen LogP contribution in [0.15, 0.2) is 18.2 Å². The zero-order chi connectivity index (χ0) is 12.6. The highest BCUT2D eigenvalue weighted by Crippen LogP contribution is 2.42. The SMILES string of the molecule is CC1CCC(C)C(N)(c2cccc(F)c2F)C1. The lowest BCUT2D eigenvalue weighted by Gasteiger charge is -2.42. The molecule has 3 heteroatoms. The average Bonchev–Trinajstić information content (AvgIpc) is 2.28. The molecule has 1 saturated carbocycles. The summed E-state index contributed by atoms with van der Waals surface area (Å²) in [6.45, 7) is 4.14. The van der Waals surface area contributed by atoms with Crippen molar-refractivity contribution < 1.29 is 8.78 Å². The summed E-state index contributed by atoms with van der Waals surface area (Å²) in [6, 6.07) is 4.29. The second kappa shape index (κ2) is 4.37. The number of nitrogens with two attached hydrogens (primary N) is 1. The number of halogens is 2. The molecule has 1 aliphatic rings. The van der Waals surface area contributed by atoms with Crippen LogP contribution in [0, 0.1) is 23.5 Å². The number of benzene rings is 1. The molecule has 2 rings (SSSR count). The molecule has 0 heterocycles. The maximum absolute atomic E-state index is 13.9. The van der Waals surface area contributed by atoms with Crippen LogP contribution in [-0.2, 0) is 5.54 Å². The smallest absolute Gasteiger partial charge is 0.163 e. The van der Waals surface area contributed by atoms with Crippen LogP contribution >= 0.6 is 0 Å². The summed E-state index contributed by atoms with van der Waals surface area (Å²) in [7, 11) is 0. The minimum absolute atomic E-state index is 0.176. The maximum atomic E-state index is 13.9. The Morgan fingerprint density at radius 1 is 1.24 bits per heavy atom. The highest BCUT2D eigenvalue weighted by Gasteiger charge is 2.40. The Morgan fingerprint density at radius 3 is 2.65 bits per heavy atom. The molecular formula is C14H19F2N. The molecule has 94 valence electrons. The Balaban J connectivity index is 2.45. The summed E-state index contributed by atoms with van der Waals surface area (Å²) in [4.78, 5) is 0. The van der Waals surface area contributed by atoms with E-state index in [9.17, 15) is 8.78 Å². The van der Waals surface area contributed by atoms with Crippen LogP contribution in [0.3, 0.4) is 0 Å². The van der Waals surface area contributed by atoms with Gasteiger partial charge in [0, 0.05) is 11.1 Å². The monoisotopic (exact) mass is 239 g/mol. The molecular weight excluding hydrogens is 220 g/mol. The Bertz CT molecular complexity index is 419. The predicted octanol–water partition coefficient (Wildman–Crippen LogP) is 3.57. The third kappa shape index (κ3) is 2.08. The lowest BCUT2D eigenvalue weighted by Crippen LogP contribution is -2.47. The molecule has 0 saturated heterocycles. The van der Waals surface area contributed by atoms with Crippen LogP contribution in [0.2, 0.25) is 0 Å². The van der Waals surface area contributed by atoms with Crippen LogP contribution in [-0.4, -0.2) is 0 Å². The van der Waals surface area contributed by atoms with Gasteiger partial charge in [-0.1, -0.05) is 32.4 Å². The highest BCUT2D eigenvalue weighted by atomic mass is 19.2. The molecule has 1 aromatic rings. The van der Waals surface area contributed by atoms with Crippen molar-refractivity contribution >= 4 is 0 Å². The molecule has 0 aromatic heterocycles. The Hall–Kier alpha value is -0.960. The first kappa shape index (κ1) is 12.5. The van der Waals surface area contributed by atoms with Crippen molar-refractivity contribution in [2.45, 2.75) is 38.6 Å². The molecule has 1 nitrogen and oxygen atoms in total. The topological polar surface area (TPSA) is 26.0 Å². The molecule has 0 amide bonds. The van der Waals surface area contributed by atoms with E-state index in [1.807, 2.05) is 6.92 Å². The lowest BCUT2D eigenvalue weighted by molar-refractivity contribution is 0.156. The van der Waals surface area contributed by atoms with Gasteiger partial charge in [-0.15, -0.1) is 0 Å². The van der Waals surface area contributed by atoms with Crippen LogP contribution in [0.4, 0.5) is 8.78 Å². The quantitative estimate of drug-likeness (QED) is 0.796. The van der Waals surface area contributed by atoms with Gasteiger partial charge in [-0.05, 0) is 30.7 Å². The van der Waals surface area contributed by atoms with Gasteiger partial charge in [0.2, 0.25) is 0 Å². The minimum atomic E-state index is -0.808. The van der Waals surface area contributed by atoms with Crippen molar-refractivity contribution in [2.24, 2.45) is 17.6 Å². The van der Waals surface area contributed by atoms with Gasteiger partial charge in [0.25, 0.3) is 0 Å². The van der Waals surface area contributed by atoms with Crippen molar-refractivity contribution in [1.82, 2.24) is 0 Å². The van der Waals surface area contributed by atoms with E-state index < -0.39 is 17.2 Å². The highest BCUT2D eigenvalue weighted by molar-refractivity contribution is 5.28. The average molecular weight is 239 g/mol. The molecule has 0 radical (unpaired) electrons. The van der Waals surface area contributed by atoms with E-state index in [0.29, 0.717) is 17.9 Å². The minimum Gasteiger partial charge on any atom is -0.321 e. The second-order valence-corrected chi connectivity index (χ2v) is 5.43. The van der Waals surface area contributed by atoms with Gasteiger partial charge in [0.15, 0.2) is 11.6 Å². The van der Waals surface area contributed by atoms with E-state index in [4.69, 9.17) is 5.73 Å². The van der Waals surface area contributed by atoms with Crippen LogP contribution in [0.1, 0.15) is 38.7 Å². The molecule has 3 unspecified atom stereocenters. The van der Waals surface area contributed by atoms with Crippen molar-refractivity contribution in [3.05, 3.63) is 35.4 Å². The number of rotatable bonds is 1. The first-order chi connectivity index (χ1) is 7.95. The van der Waals surface area contributed by atoms with Gasteiger partial charge in [0.05, 0.1) is 0 Å². The zero-order valence-electron chi connectivity index (χ0n) is 10.3. The predicted molar refractivity (Wildman–Crippen MR) is 64.4 cm³/mol. The molecule has 1 aliphatic carbocycles. The normalized spacial score (nSPS) is 33.7. The van der Waals surface area contributed by atoms with Crippen molar-refractivity contribution in [2.75, 3.05) is 0 Å². The summed E-state index contributed by atoms with van der Waals surface area (Å²) in [5.41, 5.74) is 5.98. The first-order valence-corrected chi connectivity index (χ1v) is 6.18.